The zero-order chi connectivity index (χ0) is 21.9. The summed E-state index contributed by atoms with van der Waals surface area (Å²) < 4.78 is 5.56. The second-order valence-electron chi connectivity index (χ2n) is 9.08. The lowest BCUT2D eigenvalue weighted by Gasteiger charge is -2.31. The maximum absolute atomic E-state index is 12.3. The Morgan fingerprint density at radius 2 is 1.80 bits per heavy atom. The van der Waals surface area contributed by atoms with E-state index in [0.29, 0.717) is 25.2 Å². The molecule has 2 aliphatic rings. The minimum atomic E-state index is -0.439. The number of ether oxygens (including phenoxy) is 1. The molecule has 1 aromatic rings. The number of halogens is 1. The van der Waals surface area contributed by atoms with Crippen LogP contribution in [0.15, 0.2) is 11.0 Å². The van der Waals surface area contributed by atoms with Gasteiger partial charge < -0.3 is 20.3 Å². The summed E-state index contributed by atoms with van der Waals surface area (Å²) in [6.07, 6.45) is 4.72. The van der Waals surface area contributed by atoms with Gasteiger partial charge in [0.25, 0.3) is 5.56 Å². The standard InChI is InChI=1S/C20H30ClN5O4/c1-20(2,3)18(28)23-12-4-6-13(7-5-12)24-19(29)30-14-8-9-26(11-14)15-10-22-25-17(27)16(15)21/h10,12-14H,4-9,11H2,1-3H3,(H,23,28)(H,24,29)(H,25,27)/t12?,13?,14-/m1/s1. The Hall–Kier alpha value is -2.29. The van der Waals surface area contributed by atoms with Gasteiger partial charge in [0.15, 0.2) is 0 Å². The molecule has 166 valence electrons. The van der Waals surface area contributed by atoms with Crippen LogP contribution in [0.3, 0.4) is 0 Å². The van der Waals surface area contributed by atoms with E-state index in [1.165, 1.54) is 6.20 Å². The van der Waals surface area contributed by atoms with Gasteiger partial charge in [-0.05, 0) is 25.7 Å². The van der Waals surface area contributed by atoms with Gasteiger partial charge in [0.2, 0.25) is 5.91 Å². The highest BCUT2D eigenvalue weighted by atomic mass is 35.5. The predicted octanol–water partition coefficient (Wildman–Crippen LogP) is 2.20. The van der Waals surface area contributed by atoms with Crippen LogP contribution >= 0.6 is 11.6 Å². The van der Waals surface area contributed by atoms with Gasteiger partial charge in [-0.3, -0.25) is 9.59 Å². The topological polar surface area (TPSA) is 116 Å². The number of carbonyl (C=O) groups excluding carboxylic acids is 2. The number of anilines is 1. The van der Waals surface area contributed by atoms with Gasteiger partial charge in [-0.1, -0.05) is 32.4 Å². The summed E-state index contributed by atoms with van der Waals surface area (Å²) in [5.41, 5.74) is -0.296. The summed E-state index contributed by atoms with van der Waals surface area (Å²) in [5, 5.41) is 12.2. The van der Waals surface area contributed by atoms with Crippen molar-refractivity contribution in [3.63, 3.8) is 0 Å². The van der Waals surface area contributed by atoms with Gasteiger partial charge in [0, 0.05) is 30.5 Å². The van der Waals surface area contributed by atoms with Crippen LogP contribution in [-0.4, -0.2) is 53.5 Å². The minimum Gasteiger partial charge on any atom is -0.444 e. The van der Waals surface area contributed by atoms with E-state index in [0.717, 1.165) is 25.7 Å². The number of aromatic amines is 1. The van der Waals surface area contributed by atoms with Crippen molar-refractivity contribution >= 4 is 29.3 Å². The first-order valence-electron chi connectivity index (χ1n) is 10.4. The molecule has 10 heteroatoms. The summed E-state index contributed by atoms with van der Waals surface area (Å²) >= 11 is 6.05. The van der Waals surface area contributed by atoms with Crippen LogP contribution < -0.4 is 21.1 Å². The van der Waals surface area contributed by atoms with Crippen LogP contribution in [0, 0.1) is 5.41 Å². The SMILES string of the molecule is CC(C)(C)C(=O)NC1CCC(NC(=O)O[C@@H]2CCN(c3cn[nH]c(=O)c3Cl)C2)CC1. The molecule has 9 nitrogen and oxygen atoms in total. The fraction of sp³-hybridized carbons (Fsp3) is 0.700. The summed E-state index contributed by atoms with van der Waals surface area (Å²) in [4.78, 5) is 37.9. The second kappa shape index (κ2) is 9.24. The lowest BCUT2D eigenvalue weighted by Crippen LogP contribution is -2.47. The first-order valence-corrected chi connectivity index (χ1v) is 10.8. The molecule has 2 fully saturated rings. The number of hydrogen-bond acceptors (Lipinski definition) is 6. The third kappa shape index (κ3) is 5.65. The summed E-state index contributed by atoms with van der Waals surface area (Å²) in [7, 11) is 0. The lowest BCUT2D eigenvalue weighted by atomic mass is 9.89. The average Bonchev–Trinajstić information content (AvgIpc) is 3.12. The molecule has 1 saturated heterocycles. The van der Waals surface area contributed by atoms with Crippen molar-refractivity contribution in [1.82, 2.24) is 20.8 Å². The zero-order valence-corrected chi connectivity index (χ0v) is 18.4. The molecule has 0 radical (unpaired) electrons. The van der Waals surface area contributed by atoms with Gasteiger partial charge in [-0.15, -0.1) is 0 Å². The van der Waals surface area contributed by atoms with Crippen LogP contribution in [-0.2, 0) is 9.53 Å². The Bertz CT molecular complexity index is 829. The minimum absolute atomic E-state index is 0.0455. The number of alkyl carbamates (subject to hydrolysis) is 1. The smallest absolute Gasteiger partial charge is 0.407 e. The van der Waals surface area contributed by atoms with E-state index >= 15 is 0 Å². The van der Waals surface area contributed by atoms with Crippen molar-refractivity contribution in [3.05, 3.63) is 21.6 Å². The maximum Gasteiger partial charge on any atom is 0.407 e. The third-order valence-electron chi connectivity index (χ3n) is 5.60. The van der Waals surface area contributed by atoms with Crippen molar-refractivity contribution in [2.75, 3.05) is 18.0 Å². The van der Waals surface area contributed by atoms with E-state index < -0.39 is 17.1 Å². The molecule has 0 spiro atoms. The molecule has 1 aliphatic heterocycles. The number of carbonyl (C=O) groups is 2. The Labute approximate surface area is 180 Å². The summed E-state index contributed by atoms with van der Waals surface area (Å²) in [6.45, 7) is 6.78. The Morgan fingerprint density at radius 3 is 2.43 bits per heavy atom. The Balaban J connectivity index is 1.41. The average molecular weight is 440 g/mol. The first kappa shape index (κ1) is 22.4. The van der Waals surface area contributed by atoms with Crippen LogP contribution in [0.2, 0.25) is 5.02 Å². The summed E-state index contributed by atoms with van der Waals surface area (Å²) in [5.74, 6) is 0.0554. The van der Waals surface area contributed by atoms with Crippen LogP contribution in [0.4, 0.5) is 10.5 Å². The Morgan fingerprint density at radius 1 is 1.17 bits per heavy atom. The van der Waals surface area contributed by atoms with E-state index in [1.54, 1.807) is 0 Å². The van der Waals surface area contributed by atoms with Crippen LogP contribution in [0.5, 0.6) is 0 Å². The number of hydrogen-bond donors (Lipinski definition) is 3. The highest BCUT2D eigenvalue weighted by molar-refractivity contribution is 6.33. The summed E-state index contributed by atoms with van der Waals surface area (Å²) in [6, 6.07) is 0.200. The number of rotatable bonds is 4. The van der Waals surface area contributed by atoms with Crippen molar-refractivity contribution in [2.24, 2.45) is 5.41 Å². The maximum atomic E-state index is 12.3. The molecule has 0 bridgehead atoms. The van der Waals surface area contributed by atoms with Crippen molar-refractivity contribution in [2.45, 2.75) is 71.1 Å². The van der Waals surface area contributed by atoms with E-state index in [4.69, 9.17) is 16.3 Å². The number of nitrogens with one attached hydrogen (secondary N) is 3. The second-order valence-corrected chi connectivity index (χ2v) is 9.45. The van der Waals surface area contributed by atoms with Crippen LogP contribution in [0.25, 0.3) is 0 Å². The number of H-pyrrole nitrogens is 1. The molecule has 0 unspecified atom stereocenters. The molecule has 0 aromatic carbocycles. The molecular formula is C20H30ClN5O4. The van der Waals surface area contributed by atoms with Gasteiger partial charge >= 0.3 is 6.09 Å². The normalized spacial score (nSPS) is 24.4. The third-order valence-corrected chi connectivity index (χ3v) is 5.97. The van der Waals surface area contributed by atoms with Gasteiger partial charge in [-0.2, -0.15) is 5.10 Å². The molecule has 1 aromatic heterocycles. The van der Waals surface area contributed by atoms with E-state index in [-0.39, 0.29) is 29.1 Å². The quantitative estimate of drug-likeness (QED) is 0.662. The molecule has 30 heavy (non-hydrogen) atoms. The van der Waals surface area contributed by atoms with Gasteiger partial charge in [0.05, 0.1) is 18.4 Å². The van der Waals surface area contributed by atoms with Crippen molar-refractivity contribution < 1.29 is 14.3 Å². The van der Waals surface area contributed by atoms with E-state index in [1.807, 2.05) is 25.7 Å². The number of nitrogens with zero attached hydrogens (tertiary/aromatic N) is 2. The first-order chi connectivity index (χ1) is 14.1. The monoisotopic (exact) mass is 439 g/mol. The van der Waals surface area contributed by atoms with Gasteiger partial charge in [-0.25, -0.2) is 9.89 Å². The molecule has 1 atom stereocenters. The predicted molar refractivity (Wildman–Crippen MR) is 114 cm³/mol. The number of amides is 2. The molecule has 3 rings (SSSR count). The number of aromatic nitrogens is 2. The van der Waals surface area contributed by atoms with Crippen LogP contribution in [0.1, 0.15) is 52.9 Å². The molecule has 1 aliphatic carbocycles. The largest absolute Gasteiger partial charge is 0.444 e. The van der Waals surface area contributed by atoms with E-state index in [2.05, 4.69) is 20.8 Å². The van der Waals surface area contributed by atoms with E-state index in [9.17, 15) is 14.4 Å². The highest BCUT2D eigenvalue weighted by Crippen LogP contribution is 2.26. The van der Waals surface area contributed by atoms with Crippen molar-refractivity contribution in [3.8, 4) is 0 Å². The molecule has 2 heterocycles. The molecule has 1 saturated carbocycles. The van der Waals surface area contributed by atoms with Gasteiger partial charge in [0.1, 0.15) is 11.1 Å². The fourth-order valence-electron chi connectivity index (χ4n) is 3.77. The fourth-order valence-corrected chi connectivity index (χ4v) is 3.98. The molecule has 2 amide bonds. The zero-order valence-electron chi connectivity index (χ0n) is 17.7. The lowest BCUT2D eigenvalue weighted by molar-refractivity contribution is -0.129. The molecular weight excluding hydrogens is 410 g/mol. The highest BCUT2D eigenvalue weighted by Gasteiger charge is 2.30. The molecule has 3 N–H and O–H groups in total. The Kier molecular flexibility index (Phi) is 6.90. The van der Waals surface area contributed by atoms with Crippen molar-refractivity contribution in [1.29, 1.82) is 0 Å².